The van der Waals surface area contributed by atoms with Gasteiger partial charge in [0.25, 0.3) is 5.56 Å². The zero-order valence-corrected chi connectivity index (χ0v) is 16.1. The van der Waals surface area contributed by atoms with Gasteiger partial charge in [-0.05, 0) is 41.5 Å². The Bertz CT molecular complexity index is 1200. The Morgan fingerprint density at radius 2 is 1.96 bits per heavy atom. The highest BCUT2D eigenvalue weighted by molar-refractivity contribution is 7.07. The SMILES string of the molecule is COc1cc(/C=c2\s/c(=C\C#N)n(C)c2=O)ccc1OCc1ccc(F)cc1. The number of methoxy groups -OCH3 is 1. The van der Waals surface area contributed by atoms with Gasteiger partial charge in [-0.1, -0.05) is 18.2 Å². The standard InChI is InChI=1S/C21H17FN2O3S/c1-24-20(9-10-23)28-19(21(24)25)12-15-5-8-17(18(11-15)26-2)27-13-14-3-6-16(22)7-4-14/h3-9,11-12H,13H2,1-2H3/b19-12-,20-9-. The molecule has 1 heterocycles. The van der Waals surface area contributed by atoms with Gasteiger partial charge in [0, 0.05) is 13.1 Å². The van der Waals surface area contributed by atoms with E-state index in [4.69, 9.17) is 14.7 Å². The number of rotatable bonds is 5. The van der Waals surface area contributed by atoms with E-state index in [0.29, 0.717) is 20.7 Å². The van der Waals surface area contributed by atoms with E-state index in [0.717, 1.165) is 11.1 Å². The number of aromatic nitrogens is 1. The molecule has 0 atom stereocenters. The molecule has 0 aliphatic rings. The number of hydrogen-bond acceptors (Lipinski definition) is 5. The molecule has 0 N–H and O–H groups in total. The van der Waals surface area contributed by atoms with E-state index in [1.54, 1.807) is 37.4 Å². The Hall–Kier alpha value is -3.37. The fourth-order valence-electron chi connectivity index (χ4n) is 2.55. The van der Waals surface area contributed by atoms with Crippen LogP contribution in [0, 0.1) is 17.1 Å². The van der Waals surface area contributed by atoms with Crippen molar-refractivity contribution in [3.63, 3.8) is 0 Å². The second-order valence-electron chi connectivity index (χ2n) is 5.91. The molecule has 142 valence electrons. The van der Waals surface area contributed by atoms with Crippen molar-refractivity contribution in [3.8, 4) is 17.6 Å². The Labute approximate surface area is 164 Å². The Kier molecular flexibility index (Phi) is 5.92. The van der Waals surface area contributed by atoms with Crippen LogP contribution in [0.4, 0.5) is 4.39 Å². The molecule has 0 aliphatic carbocycles. The normalized spacial score (nSPS) is 12.1. The lowest BCUT2D eigenvalue weighted by Crippen LogP contribution is -2.28. The summed E-state index contributed by atoms with van der Waals surface area (Å²) >= 11 is 1.25. The van der Waals surface area contributed by atoms with Gasteiger partial charge in [-0.25, -0.2) is 4.39 Å². The Morgan fingerprint density at radius 3 is 2.64 bits per heavy atom. The zero-order chi connectivity index (χ0) is 20.1. The van der Waals surface area contributed by atoms with Crippen molar-refractivity contribution in [2.75, 3.05) is 7.11 Å². The van der Waals surface area contributed by atoms with E-state index in [-0.39, 0.29) is 18.0 Å². The largest absolute Gasteiger partial charge is 0.493 e. The number of hydrogen-bond donors (Lipinski definition) is 0. The molecule has 0 aliphatic heterocycles. The van der Waals surface area contributed by atoms with Crippen LogP contribution in [-0.2, 0) is 13.7 Å². The molecule has 0 radical (unpaired) electrons. The Balaban J connectivity index is 1.88. The summed E-state index contributed by atoms with van der Waals surface area (Å²) < 4.78 is 26.7. The van der Waals surface area contributed by atoms with Crippen LogP contribution in [0.5, 0.6) is 11.5 Å². The van der Waals surface area contributed by atoms with E-state index in [9.17, 15) is 9.18 Å². The molecule has 0 bridgehead atoms. The molecule has 7 heteroatoms. The van der Waals surface area contributed by atoms with Crippen LogP contribution >= 0.6 is 11.3 Å². The summed E-state index contributed by atoms with van der Waals surface area (Å²) in [6.07, 6.45) is 3.09. The maximum atomic E-state index is 13.0. The van der Waals surface area contributed by atoms with Crippen LogP contribution in [0.1, 0.15) is 11.1 Å². The molecule has 28 heavy (non-hydrogen) atoms. The molecule has 0 saturated heterocycles. The minimum Gasteiger partial charge on any atom is -0.493 e. The van der Waals surface area contributed by atoms with Gasteiger partial charge in [0.15, 0.2) is 11.5 Å². The van der Waals surface area contributed by atoms with Crippen molar-refractivity contribution >= 4 is 23.5 Å². The number of nitrogens with zero attached hydrogens (tertiary/aromatic N) is 2. The van der Waals surface area contributed by atoms with Crippen molar-refractivity contribution in [3.05, 3.63) is 79.0 Å². The highest BCUT2D eigenvalue weighted by Crippen LogP contribution is 2.29. The lowest BCUT2D eigenvalue weighted by molar-refractivity contribution is 0.284. The highest BCUT2D eigenvalue weighted by Gasteiger charge is 2.07. The first-order chi connectivity index (χ1) is 13.5. The van der Waals surface area contributed by atoms with Crippen LogP contribution < -0.4 is 24.2 Å². The molecule has 0 amide bonds. The predicted molar refractivity (Wildman–Crippen MR) is 106 cm³/mol. The molecule has 3 rings (SSSR count). The molecule has 0 saturated carbocycles. The average molecular weight is 396 g/mol. The van der Waals surface area contributed by atoms with Gasteiger partial charge in [0.2, 0.25) is 0 Å². The third-order valence-corrected chi connectivity index (χ3v) is 5.15. The lowest BCUT2D eigenvalue weighted by Gasteiger charge is -2.11. The van der Waals surface area contributed by atoms with Crippen molar-refractivity contribution in [1.82, 2.24) is 4.57 Å². The first kappa shape index (κ1) is 19.4. The molecule has 0 unspecified atom stereocenters. The summed E-state index contributed by atoms with van der Waals surface area (Å²) in [7, 11) is 3.17. The minimum absolute atomic E-state index is 0.165. The first-order valence-corrected chi connectivity index (χ1v) is 9.16. The summed E-state index contributed by atoms with van der Waals surface area (Å²) in [5, 5.41) is 8.81. The zero-order valence-electron chi connectivity index (χ0n) is 15.3. The topological polar surface area (TPSA) is 64.2 Å². The molecular formula is C21H17FN2O3S. The van der Waals surface area contributed by atoms with E-state index in [2.05, 4.69) is 0 Å². The quantitative estimate of drug-likeness (QED) is 0.664. The highest BCUT2D eigenvalue weighted by atomic mass is 32.1. The number of halogens is 1. The van der Waals surface area contributed by atoms with Crippen LogP contribution in [0.2, 0.25) is 0 Å². The van der Waals surface area contributed by atoms with E-state index < -0.39 is 0 Å². The second-order valence-corrected chi connectivity index (χ2v) is 6.97. The molecule has 3 aromatic rings. The summed E-state index contributed by atoms with van der Waals surface area (Å²) in [5.74, 6) is 0.770. The fraction of sp³-hybridized carbons (Fsp3) is 0.143. The van der Waals surface area contributed by atoms with Crippen molar-refractivity contribution in [1.29, 1.82) is 5.26 Å². The summed E-state index contributed by atoms with van der Waals surface area (Å²) in [4.78, 5) is 12.3. The van der Waals surface area contributed by atoms with Gasteiger partial charge in [-0.3, -0.25) is 4.79 Å². The number of thiazole rings is 1. The molecular weight excluding hydrogens is 379 g/mol. The first-order valence-electron chi connectivity index (χ1n) is 8.34. The fourth-order valence-corrected chi connectivity index (χ4v) is 3.53. The third-order valence-electron chi connectivity index (χ3n) is 4.04. The third kappa shape index (κ3) is 4.30. The van der Waals surface area contributed by atoms with E-state index in [1.807, 2.05) is 12.1 Å². The van der Waals surface area contributed by atoms with Gasteiger partial charge in [0.05, 0.1) is 17.7 Å². The second kappa shape index (κ2) is 8.55. The summed E-state index contributed by atoms with van der Waals surface area (Å²) in [6.45, 7) is 0.276. The van der Waals surface area contributed by atoms with Gasteiger partial charge in [0.1, 0.15) is 17.1 Å². The van der Waals surface area contributed by atoms with Gasteiger partial charge in [-0.15, -0.1) is 11.3 Å². The monoisotopic (exact) mass is 396 g/mol. The number of ether oxygens (including phenoxy) is 2. The van der Waals surface area contributed by atoms with Crippen molar-refractivity contribution in [2.45, 2.75) is 6.61 Å². The predicted octanol–water partition coefficient (Wildman–Crippen LogP) is 2.31. The maximum absolute atomic E-state index is 13.0. The van der Waals surface area contributed by atoms with Crippen molar-refractivity contribution in [2.24, 2.45) is 7.05 Å². The maximum Gasteiger partial charge on any atom is 0.268 e. The molecule has 5 nitrogen and oxygen atoms in total. The van der Waals surface area contributed by atoms with Crippen LogP contribution in [0.15, 0.2) is 47.3 Å². The molecule has 2 aromatic carbocycles. The Morgan fingerprint density at radius 1 is 1.21 bits per heavy atom. The summed E-state index contributed by atoms with van der Waals surface area (Å²) in [6, 6.07) is 13.4. The minimum atomic E-state index is -0.295. The molecule has 0 spiro atoms. The number of nitriles is 1. The van der Waals surface area contributed by atoms with Crippen LogP contribution in [0.3, 0.4) is 0 Å². The van der Waals surface area contributed by atoms with Crippen LogP contribution in [-0.4, -0.2) is 11.7 Å². The lowest BCUT2D eigenvalue weighted by atomic mass is 10.2. The van der Waals surface area contributed by atoms with Gasteiger partial charge < -0.3 is 14.0 Å². The van der Waals surface area contributed by atoms with Crippen molar-refractivity contribution < 1.29 is 13.9 Å². The van der Waals surface area contributed by atoms with Gasteiger partial charge in [-0.2, -0.15) is 5.26 Å². The van der Waals surface area contributed by atoms with Gasteiger partial charge >= 0.3 is 0 Å². The average Bonchev–Trinajstić information content (AvgIpc) is 2.96. The van der Waals surface area contributed by atoms with E-state index >= 15 is 0 Å². The molecule has 0 fully saturated rings. The molecule has 1 aromatic heterocycles. The summed E-state index contributed by atoms with van der Waals surface area (Å²) in [5.41, 5.74) is 1.44. The smallest absolute Gasteiger partial charge is 0.268 e. The number of benzene rings is 2. The van der Waals surface area contributed by atoms with Crippen LogP contribution in [0.25, 0.3) is 12.2 Å². The van der Waals surface area contributed by atoms with E-state index in [1.165, 1.54) is 41.2 Å².